The lowest BCUT2D eigenvalue weighted by molar-refractivity contribution is 0.867. The summed E-state index contributed by atoms with van der Waals surface area (Å²) >= 11 is 1.65. The molecule has 0 unspecified atom stereocenters. The third-order valence-electron chi connectivity index (χ3n) is 2.30. The molecule has 66 valence electrons. The van der Waals surface area contributed by atoms with E-state index in [2.05, 4.69) is 44.4 Å². The van der Waals surface area contributed by atoms with Gasteiger partial charge in [-0.1, -0.05) is 31.3 Å². The summed E-state index contributed by atoms with van der Waals surface area (Å²) in [7, 11) is 0. The van der Waals surface area contributed by atoms with Crippen LogP contribution in [0, 0.1) is 18.4 Å². The molecule has 0 spiro atoms. The van der Waals surface area contributed by atoms with Gasteiger partial charge in [-0.05, 0) is 41.5 Å². The molecule has 0 N–H and O–H groups in total. The fourth-order valence-corrected chi connectivity index (χ4v) is 2.20. The van der Waals surface area contributed by atoms with E-state index in [1.807, 2.05) is 0 Å². The van der Waals surface area contributed by atoms with Gasteiger partial charge in [-0.15, -0.1) is 0 Å². The van der Waals surface area contributed by atoms with Crippen LogP contribution in [-0.2, 0) is 0 Å². The van der Waals surface area contributed by atoms with Gasteiger partial charge in [0, 0.05) is 5.39 Å². The Kier molecular flexibility index (Phi) is 2.01. The van der Waals surface area contributed by atoms with Gasteiger partial charge >= 0.3 is 0 Å². The Bertz CT molecular complexity index is 424. The Balaban J connectivity index is 2.70. The van der Waals surface area contributed by atoms with Crippen molar-refractivity contribution >= 4 is 21.4 Å². The highest BCUT2D eigenvalue weighted by Gasteiger charge is 2.04. The summed E-state index contributed by atoms with van der Waals surface area (Å²) in [6.07, 6.45) is 0. The zero-order valence-corrected chi connectivity index (χ0v) is 8.96. The Labute approximate surface area is 83.2 Å². The topological polar surface area (TPSA) is 0 Å². The van der Waals surface area contributed by atoms with Crippen molar-refractivity contribution in [1.82, 2.24) is 0 Å². The molecular weight excluding hydrogens is 176 g/mol. The van der Waals surface area contributed by atoms with E-state index < -0.39 is 0 Å². The lowest BCUT2D eigenvalue weighted by Gasteiger charge is -2.06. The van der Waals surface area contributed by atoms with E-state index in [9.17, 15) is 0 Å². The number of hydrogen-bond donors (Lipinski definition) is 0. The molecule has 0 aliphatic heterocycles. The van der Waals surface area contributed by atoms with Gasteiger partial charge in [0.2, 0.25) is 0 Å². The van der Waals surface area contributed by atoms with Crippen LogP contribution in [0.2, 0.25) is 0 Å². The molecule has 1 aromatic heterocycles. The molecule has 0 aliphatic rings. The van der Waals surface area contributed by atoms with E-state index in [0.717, 1.165) is 0 Å². The third kappa shape index (κ3) is 1.43. The molecule has 0 amide bonds. The van der Waals surface area contributed by atoms with Crippen LogP contribution in [0.15, 0.2) is 12.1 Å². The zero-order chi connectivity index (χ0) is 9.42. The maximum Gasteiger partial charge on any atom is 0.0546 e. The van der Waals surface area contributed by atoms with Crippen LogP contribution in [0.5, 0.6) is 0 Å². The van der Waals surface area contributed by atoms with Crippen molar-refractivity contribution in [2.24, 2.45) is 0 Å². The van der Waals surface area contributed by atoms with Crippen LogP contribution in [0.4, 0.5) is 0 Å². The van der Waals surface area contributed by atoms with Crippen molar-refractivity contribution in [3.05, 3.63) is 34.7 Å². The van der Waals surface area contributed by atoms with Crippen LogP contribution >= 0.6 is 11.3 Å². The minimum absolute atomic E-state index is 0.594. The number of benzene rings is 1. The van der Waals surface area contributed by atoms with Gasteiger partial charge in [-0.3, -0.25) is 0 Å². The molecule has 0 bridgehead atoms. The standard InChI is InChI=1S/C12H12S/c1-8(2)11-6-9(3)12-10(7-11)4-5-13-12/h6-8H,1-3H3. The Morgan fingerprint density at radius 2 is 2.08 bits per heavy atom. The fourth-order valence-electron chi connectivity index (χ4n) is 1.50. The Morgan fingerprint density at radius 3 is 2.77 bits per heavy atom. The van der Waals surface area contributed by atoms with Crippen LogP contribution < -0.4 is 0 Å². The van der Waals surface area contributed by atoms with Crippen molar-refractivity contribution < 1.29 is 0 Å². The van der Waals surface area contributed by atoms with Gasteiger partial charge in [0.25, 0.3) is 0 Å². The highest BCUT2D eigenvalue weighted by Crippen LogP contribution is 2.26. The van der Waals surface area contributed by atoms with E-state index in [1.165, 1.54) is 21.2 Å². The molecule has 1 heterocycles. The summed E-state index contributed by atoms with van der Waals surface area (Å²) in [5, 5.41) is 4.28. The monoisotopic (exact) mass is 188 g/mol. The molecule has 0 saturated carbocycles. The fraction of sp³-hybridized carbons (Fsp3) is 0.333. The summed E-state index contributed by atoms with van der Waals surface area (Å²) in [6.45, 7) is 6.60. The lowest BCUT2D eigenvalue weighted by atomic mass is 10.00. The molecule has 0 atom stereocenters. The molecule has 1 heteroatoms. The predicted octanol–water partition coefficient (Wildman–Crippen LogP) is 3.93. The lowest BCUT2D eigenvalue weighted by Crippen LogP contribution is -1.87. The molecule has 0 aliphatic carbocycles. The second-order valence-electron chi connectivity index (χ2n) is 3.70. The van der Waals surface area contributed by atoms with Crippen LogP contribution in [0.25, 0.3) is 10.1 Å². The second-order valence-corrected chi connectivity index (χ2v) is 4.51. The molecule has 1 aromatic carbocycles. The SMILES string of the molecule is Cc1cc(C(C)C)cc2c#csc12. The smallest absolute Gasteiger partial charge is 0.0546 e. The average Bonchev–Trinajstić information content (AvgIpc) is 2.51. The summed E-state index contributed by atoms with van der Waals surface area (Å²) in [4.78, 5) is 0. The first-order chi connectivity index (χ1) is 6.18. The highest BCUT2D eigenvalue weighted by atomic mass is 32.1. The van der Waals surface area contributed by atoms with Crippen molar-refractivity contribution in [2.75, 3.05) is 0 Å². The molecule has 0 fully saturated rings. The van der Waals surface area contributed by atoms with Crippen LogP contribution in [-0.4, -0.2) is 0 Å². The van der Waals surface area contributed by atoms with Crippen molar-refractivity contribution in [1.29, 1.82) is 0 Å². The van der Waals surface area contributed by atoms with Gasteiger partial charge in [-0.25, -0.2) is 0 Å². The normalized spacial score (nSPS) is 10.8. The van der Waals surface area contributed by atoms with Crippen molar-refractivity contribution in [3.63, 3.8) is 0 Å². The van der Waals surface area contributed by atoms with E-state index >= 15 is 0 Å². The van der Waals surface area contributed by atoms with Crippen LogP contribution in [0.3, 0.4) is 0 Å². The first kappa shape index (κ1) is 8.59. The van der Waals surface area contributed by atoms with Gasteiger partial charge in [0.15, 0.2) is 0 Å². The summed E-state index contributed by atoms with van der Waals surface area (Å²) in [5.74, 6) is 0.594. The molecular formula is C12H12S. The highest BCUT2D eigenvalue weighted by molar-refractivity contribution is 7.16. The minimum Gasteiger partial charge on any atom is -0.0828 e. The summed E-state index contributed by atoms with van der Waals surface area (Å²) in [6, 6.07) is 7.64. The molecule has 2 aromatic rings. The maximum absolute atomic E-state index is 3.15. The average molecular weight is 188 g/mol. The summed E-state index contributed by atoms with van der Waals surface area (Å²) < 4.78 is 1.32. The molecule has 0 nitrogen and oxygen atoms in total. The maximum atomic E-state index is 3.15. The minimum atomic E-state index is 0.594. The number of fused-ring (bicyclic) bond motifs is 1. The third-order valence-corrected chi connectivity index (χ3v) is 3.25. The largest absolute Gasteiger partial charge is 0.0828 e. The number of rotatable bonds is 1. The molecule has 13 heavy (non-hydrogen) atoms. The van der Waals surface area contributed by atoms with Crippen molar-refractivity contribution in [3.8, 4) is 0 Å². The van der Waals surface area contributed by atoms with Gasteiger partial charge in [-0.2, -0.15) is 0 Å². The number of aryl methyl sites for hydroxylation is 1. The first-order valence-electron chi connectivity index (χ1n) is 4.51. The van der Waals surface area contributed by atoms with Gasteiger partial charge in [0.1, 0.15) is 0 Å². The van der Waals surface area contributed by atoms with E-state index in [0.29, 0.717) is 5.92 Å². The Morgan fingerprint density at radius 1 is 1.31 bits per heavy atom. The predicted molar refractivity (Wildman–Crippen MR) is 58.3 cm³/mol. The number of hydrogen-bond acceptors (Lipinski definition) is 1. The van der Waals surface area contributed by atoms with E-state index in [4.69, 9.17) is 0 Å². The van der Waals surface area contributed by atoms with Gasteiger partial charge < -0.3 is 0 Å². The van der Waals surface area contributed by atoms with E-state index in [-0.39, 0.29) is 0 Å². The molecule has 2 rings (SSSR count). The molecule has 0 saturated heterocycles. The molecule has 0 radical (unpaired) electrons. The second kappa shape index (κ2) is 3.05. The quantitative estimate of drug-likeness (QED) is 0.636. The summed E-state index contributed by atoms with van der Waals surface area (Å²) in [5.41, 5.74) is 2.75. The van der Waals surface area contributed by atoms with E-state index in [1.54, 1.807) is 11.3 Å². The first-order valence-corrected chi connectivity index (χ1v) is 5.32. The Hall–Kier alpha value is -1.00. The van der Waals surface area contributed by atoms with Crippen molar-refractivity contribution in [2.45, 2.75) is 26.7 Å². The van der Waals surface area contributed by atoms with Crippen LogP contribution in [0.1, 0.15) is 30.9 Å². The zero-order valence-electron chi connectivity index (χ0n) is 8.14. The van der Waals surface area contributed by atoms with Gasteiger partial charge in [0.05, 0.1) is 4.70 Å².